The number of hydrogen-bond donors (Lipinski definition) is 1. The highest BCUT2D eigenvalue weighted by molar-refractivity contribution is 7.11. The monoisotopic (exact) mass is 329 g/mol. The number of nitrogens with zero attached hydrogens (tertiary/aromatic N) is 2. The van der Waals surface area contributed by atoms with E-state index >= 15 is 0 Å². The van der Waals surface area contributed by atoms with E-state index in [4.69, 9.17) is 0 Å². The van der Waals surface area contributed by atoms with Crippen LogP contribution in [0.5, 0.6) is 0 Å². The topological polar surface area (TPSA) is 45.2 Å². The van der Waals surface area contributed by atoms with Gasteiger partial charge in [-0.25, -0.2) is 9.78 Å². The molecule has 1 fully saturated rings. The SMILES string of the molecule is Cc1nc(CNC(=O)N(C)CC2(c3ccccc3)CC2)sc1C. The molecule has 2 aromatic rings. The number of urea groups is 1. The number of likely N-dealkylation sites (N-methyl/N-ethyl adjacent to an activating group) is 1. The van der Waals surface area contributed by atoms with Crippen LogP contribution in [0.25, 0.3) is 0 Å². The highest BCUT2D eigenvalue weighted by Gasteiger charge is 2.45. The Bertz CT molecular complexity index is 672. The summed E-state index contributed by atoms with van der Waals surface area (Å²) in [5, 5.41) is 3.94. The molecule has 0 aliphatic heterocycles. The summed E-state index contributed by atoms with van der Waals surface area (Å²) < 4.78 is 0. The van der Waals surface area contributed by atoms with Crippen LogP contribution in [0.2, 0.25) is 0 Å². The van der Waals surface area contributed by atoms with Crippen molar-refractivity contribution in [3.63, 3.8) is 0 Å². The lowest BCUT2D eigenvalue weighted by atomic mass is 9.95. The fraction of sp³-hybridized carbons (Fsp3) is 0.444. The van der Waals surface area contributed by atoms with Gasteiger partial charge in [-0.05, 0) is 32.3 Å². The van der Waals surface area contributed by atoms with Crippen LogP contribution < -0.4 is 5.32 Å². The van der Waals surface area contributed by atoms with Crippen molar-refractivity contribution < 1.29 is 4.79 Å². The summed E-state index contributed by atoms with van der Waals surface area (Å²) in [5.74, 6) is 0. The number of rotatable bonds is 5. The Morgan fingerprint density at radius 2 is 2.00 bits per heavy atom. The first-order chi connectivity index (χ1) is 11.0. The predicted molar refractivity (Wildman–Crippen MR) is 93.8 cm³/mol. The Morgan fingerprint density at radius 3 is 2.57 bits per heavy atom. The molecular formula is C18H23N3OS. The first-order valence-electron chi connectivity index (χ1n) is 7.98. The van der Waals surface area contributed by atoms with Gasteiger partial charge in [0.25, 0.3) is 0 Å². The summed E-state index contributed by atoms with van der Waals surface area (Å²) >= 11 is 1.65. The number of hydrogen-bond acceptors (Lipinski definition) is 3. The maximum absolute atomic E-state index is 12.3. The van der Waals surface area contributed by atoms with Crippen molar-refractivity contribution in [1.82, 2.24) is 15.2 Å². The van der Waals surface area contributed by atoms with Crippen molar-refractivity contribution in [1.29, 1.82) is 0 Å². The van der Waals surface area contributed by atoms with Gasteiger partial charge in [0.05, 0.1) is 12.2 Å². The first kappa shape index (κ1) is 16.0. The summed E-state index contributed by atoms with van der Waals surface area (Å²) in [6.07, 6.45) is 2.30. The van der Waals surface area contributed by atoms with Crippen LogP contribution in [0, 0.1) is 13.8 Å². The summed E-state index contributed by atoms with van der Waals surface area (Å²) in [6.45, 7) is 5.32. The van der Waals surface area contributed by atoms with Crippen LogP contribution in [-0.4, -0.2) is 29.5 Å². The third kappa shape index (κ3) is 3.55. The zero-order valence-electron chi connectivity index (χ0n) is 13.9. The molecular weight excluding hydrogens is 306 g/mol. The van der Waals surface area contributed by atoms with Crippen LogP contribution >= 0.6 is 11.3 Å². The average Bonchev–Trinajstić information content (AvgIpc) is 3.26. The van der Waals surface area contributed by atoms with Gasteiger partial charge in [0.2, 0.25) is 0 Å². The number of amides is 2. The van der Waals surface area contributed by atoms with E-state index < -0.39 is 0 Å². The second kappa shape index (κ2) is 6.32. The van der Waals surface area contributed by atoms with E-state index in [1.807, 2.05) is 20.0 Å². The molecule has 1 heterocycles. The van der Waals surface area contributed by atoms with Crippen molar-refractivity contribution in [3.05, 3.63) is 51.5 Å². The number of thiazole rings is 1. The van der Waals surface area contributed by atoms with Gasteiger partial charge in [-0.3, -0.25) is 0 Å². The normalized spacial score (nSPS) is 15.3. The van der Waals surface area contributed by atoms with E-state index in [1.54, 1.807) is 16.2 Å². The largest absolute Gasteiger partial charge is 0.331 e. The lowest BCUT2D eigenvalue weighted by molar-refractivity contribution is 0.204. The van der Waals surface area contributed by atoms with E-state index in [1.165, 1.54) is 10.4 Å². The van der Waals surface area contributed by atoms with Gasteiger partial charge in [-0.2, -0.15) is 0 Å². The molecule has 3 rings (SSSR count). The van der Waals surface area contributed by atoms with E-state index in [-0.39, 0.29) is 11.4 Å². The number of carbonyl (C=O) groups is 1. The van der Waals surface area contributed by atoms with Gasteiger partial charge in [0.1, 0.15) is 5.01 Å². The lowest BCUT2D eigenvalue weighted by Crippen LogP contribution is -2.41. The molecule has 5 heteroatoms. The molecule has 122 valence electrons. The molecule has 1 aromatic carbocycles. The maximum Gasteiger partial charge on any atom is 0.317 e. The summed E-state index contributed by atoms with van der Waals surface area (Å²) in [5.41, 5.74) is 2.54. The molecule has 0 unspecified atom stereocenters. The Labute approximate surface area is 141 Å². The van der Waals surface area contributed by atoms with E-state index in [0.29, 0.717) is 6.54 Å². The van der Waals surface area contributed by atoms with Gasteiger partial charge < -0.3 is 10.2 Å². The third-order valence-electron chi connectivity index (χ3n) is 4.59. The van der Waals surface area contributed by atoms with Gasteiger partial charge >= 0.3 is 6.03 Å². The molecule has 4 nitrogen and oxygen atoms in total. The minimum atomic E-state index is -0.0299. The molecule has 1 aliphatic carbocycles. The molecule has 0 atom stereocenters. The Kier molecular flexibility index (Phi) is 4.39. The minimum absolute atomic E-state index is 0.0299. The maximum atomic E-state index is 12.3. The van der Waals surface area contributed by atoms with Crippen LogP contribution in [0.3, 0.4) is 0 Å². The highest BCUT2D eigenvalue weighted by Crippen LogP contribution is 2.48. The number of benzene rings is 1. The quantitative estimate of drug-likeness (QED) is 0.910. The number of aromatic nitrogens is 1. The Morgan fingerprint density at radius 1 is 1.30 bits per heavy atom. The average molecular weight is 329 g/mol. The second-order valence-corrected chi connectivity index (χ2v) is 7.70. The zero-order valence-corrected chi connectivity index (χ0v) is 14.7. The molecule has 0 bridgehead atoms. The molecule has 1 saturated carbocycles. The molecule has 23 heavy (non-hydrogen) atoms. The Hall–Kier alpha value is -1.88. The highest BCUT2D eigenvalue weighted by atomic mass is 32.1. The minimum Gasteiger partial charge on any atom is -0.331 e. The molecule has 1 aromatic heterocycles. The van der Waals surface area contributed by atoms with Gasteiger partial charge in [-0.1, -0.05) is 30.3 Å². The number of carbonyl (C=O) groups excluding carboxylic acids is 1. The van der Waals surface area contributed by atoms with Crippen molar-refractivity contribution in [2.45, 2.75) is 38.6 Å². The molecule has 0 saturated heterocycles. The van der Waals surface area contributed by atoms with Crippen molar-refractivity contribution >= 4 is 17.4 Å². The Balaban J connectivity index is 1.56. The van der Waals surface area contributed by atoms with Crippen LogP contribution in [0.4, 0.5) is 4.79 Å². The smallest absolute Gasteiger partial charge is 0.317 e. The molecule has 1 N–H and O–H groups in total. The molecule has 0 radical (unpaired) electrons. The van der Waals surface area contributed by atoms with Crippen LogP contribution in [-0.2, 0) is 12.0 Å². The summed E-state index contributed by atoms with van der Waals surface area (Å²) in [4.78, 5) is 19.8. The van der Waals surface area contributed by atoms with Crippen LogP contribution in [0.15, 0.2) is 30.3 Å². The predicted octanol–water partition coefficient (Wildman–Crippen LogP) is 3.63. The number of nitrogens with one attached hydrogen (secondary N) is 1. The number of aryl methyl sites for hydroxylation is 2. The second-order valence-electron chi connectivity index (χ2n) is 6.41. The summed E-state index contributed by atoms with van der Waals surface area (Å²) in [6, 6.07) is 10.5. The first-order valence-corrected chi connectivity index (χ1v) is 8.79. The standard InChI is InChI=1S/C18H23N3OS/c1-13-14(2)23-16(20-13)11-19-17(22)21(3)12-18(9-10-18)15-7-5-4-6-8-15/h4-8H,9-12H2,1-3H3,(H,19,22). The van der Waals surface area contributed by atoms with Gasteiger partial charge in [0.15, 0.2) is 0 Å². The summed E-state index contributed by atoms with van der Waals surface area (Å²) in [7, 11) is 1.87. The molecule has 1 aliphatic rings. The van der Waals surface area contributed by atoms with Gasteiger partial charge in [-0.15, -0.1) is 11.3 Å². The van der Waals surface area contributed by atoms with Crippen molar-refractivity contribution in [2.24, 2.45) is 0 Å². The van der Waals surface area contributed by atoms with E-state index in [0.717, 1.165) is 30.1 Å². The lowest BCUT2D eigenvalue weighted by Gasteiger charge is -2.24. The van der Waals surface area contributed by atoms with E-state index in [2.05, 4.69) is 41.5 Å². The van der Waals surface area contributed by atoms with Crippen LogP contribution in [0.1, 0.15) is 34.0 Å². The van der Waals surface area contributed by atoms with Crippen molar-refractivity contribution in [3.8, 4) is 0 Å². The zero-order chi connectivity index (χ0) is 16.4. The molecule has 2 amide bonds. The third-order valence-corrected chi connectivity index (χ3v) is 5.66. The van der Waals surface area contributed by atoms with E-state index in [9.17, 15) is 4.79 Å². The van der Waals surface area contributed by atoms with Crippen molar-refractivity contribution in [2.75, 3.05) is 13.6 Å². The molecule has 0 spiro atoms. The van der Waals surface area contributed by atoms with Gasteiger partial charge in [0, 0.05) is 23.9 Å². The fourth-order valence-corrected chi connectivity index (χ4v) is 3.78. The fourth-order valence-electron chi connectivity index (χ4n) is 2.91.